The van der Waals surface area contributed by atoms with Crippen LogP contribution in [0, 0.1) is 10.1 Å². The Hall–Kier alpha value is -1.54. The van der Waals surface area contributed by atoms with Gasteiger partial charge in [0.2, 0.25) is 0 Å². The van der Waals surface area contributed by atoms with Gasteiger partial charge in [0.25, 0.3) is 0 Å². The molecule has 0 radical (unpaired) electrons. The number of hydrogen-bond donors (Lipinski definition) is 0. The first kappa shape index (κ1) is 15.8. The Kier molecular flexibility index (Phi) is 4.89. The molecular formula is C13H11Br2NO5. The number of rotatable bonds is 5. The number of benzene rings is 1. The van der Waals surface area contributed by atoms with Gasteiger partial charge in [-0.25, -0.2) is 0 Å². The van der Waals surface area contributed by atoms with Crippen molar-refractivity contribution in [3.8, 4) is 11.5 Å². The van der Waals surface area contributed by atoms with Crippen LogP contribution in [0.25, 0.3) is 0 Å². The van der Waals surface area contributed by atoms with E-state index >= 15 is 0 Å². The van der Waals surface area contributed by atoms with Crippen molar-refractivity contribution in [2.45, 2.75) is 4.83 Å². The molecule has 2 rings (SSSR count). The zero-order valence-corrected chi connectivity index (χ0v) is 14.3. The molecule has 2 aromatic rings. The van der Waals surface area contributed by atoms with Gasteiger partial charge in [-0.1, -0.05) is 15.9 Å². The van der Waals surface area contributed by atoms with Crippen LogP contribution in [0.2, 0.25) is 0 Å². The minimum atomic E-state index is -0.579. The zero-order valence-electron chi connectivity index (χ0n) is 11.1. The van der Waals surface area contributed by atoms with Gasteiger partial charge >= 0.3 is 5.88 Å². The number of ether oxygens (including phenoxy) is 2. The predicted molar refractivity (Wildman–Crippen MR) is 83.4 cm³/mol. The minimum Gasteiger partial charge on any atom is -0.495 e. The van der Waals surface area contributed by atoms with E-state index in [-0.39, 0.29) is 10.7 Å². The fraction of sp³-hybridized carbons (Fsp3) is 0.231. The van der Waals surface area contributed by atoms with Crippen LogP contribution in [0.3, 0.4) is 0 Å². The molecule has 0 bridgehead atoms. The lowest BCUT2D eigenvalue weighted by atomic mass is 10.1. The van der Waals surface area contributed by atoms with Crippen molar-refractivity contribution >= 4 is 37.7 Å². The summed E-state index contributed by atoms with van der Waals surface area (Å²) in [4.78, 5) is 9.72. The molecule has 0 aliphatic heterocycles. The number of alkyl halides is 1. The normalized spacial score (nSPS) is 12.0. The lowest BCUT2D eigenvalue weighted by Crippen LogP contribution is -1.98. The van der Waals surface area contributed by atoms with Crippen LogP contribution in [0.5, 0.6) is 11.5 Å². The molecule has 0 amide bonds. The van der Waals surface area contributed by atoms with Gasteiger partial charge in [0, 0.05) is 5.56 Å². The summed E-state index contributed by atoms with van der Waals surface area (Å²) in [5.41, 5.74) is 0.759. The summed E-state index contributed by atoms with van der Waals surface area (Å²) in [6, 6.07) is 6.44. The summed E-state index contributed by atoms with van der Waals surface area (Å²) < 4.78 is 16.5. The maximum atomic E-state index is 10.7. The highest BCUT2D eigenvalue weighted by atomic mass is 79.9. The molecule has 0 aliphatic rings. The van der Waals surface area contributed by atoms with Gasteiger partial charge in [-0.05, 0) is 34.1 Å². The molecule has 0 saturated heterocycles. The molecule has 112 valence electrons. The molecule has 0 fully saturated rings. The fourth-order valence-electron chi connectivity index (χ4n) is 1.85. The highest BCUT2D eigenvalue weighted by Gasteiger charge is 2.24. The topological polar surface area (TPSA) is 74.7 Å². The Morgan fingerprint density at radius 2 is 1.95 bits per heavy atom. The van der Waals surface area contributed by atoms with Crippen molar-refractivity contribution < 1.29 is 18.8 Å². The molecule has 0 spiro atoms. The lowest BCUT2D eigenvalue weighted by molar-refractivity contribution is -0.402. The second-order valence-corrected chi connectivity index (χ2v) is 5.71. The van der Waals surface area contributed by atoms with Crippen LogP contribution in [-0.4, -0.2) is 19.1 Å². The summed E-state index contributed by atoms with van der Waals surface area (Å²) >= 11 is 6.88. The monoisotopic (exact) mass is 419 g/mol. The Morgan fingerprint density at radius 1 is 1.24 bits per heavy atom. The number of halogens is 2. The summed E-state index contributed by atoms with van der Waals surface area (Å²) in [5, 5.41) is 10.7. The predicted octanol–water partition coefficient (Wildman–Crippen LogP) is 4.45. The second kappa shape index (κ2) is 6.48. The van der Waals surface area contributed by atoms with Crippen LogP contribution in [0.1, 0.15) is 16.2 Å². The molecule has 6 nitrogen and oxygen atoms in total. The minimum absolute atomic E-state index is 0.305. The van der Waals surface area contributed by atoms with E-state index in [4.69, 9.17) is 13.9 Å². The quantitative estimate of drug-likeness (QED) is 0.405. The fourth-order valence-corrected chi connectivity index (χ4v) is 3.14. The Bertz CT molecular complexity index is 671. The first-order valence-corrected chi connectivity index (χ1v) is 7.49. The molecule has 0 aliphatic carbocycles. The number of nitrogens with zero attached hydrogens (tertiary/aromatic N) is 1. The number of nitro groups is 1. The van der Waals surface area contributed by atoms with E-state index in [9.17, 15) is 10.1 Å². The molecule has 1 aromatic carbocycles. The van der Waals surface area contributed by atoms with E-state index < -0.39 is 4.92 Å². The van der Waals surface area contributed by atoms with Crippen LogP contribution < -0.4 is 9.47 Å². The number of methoxy groups -OCH3 is 2. The second-order valence-electron chi connectivity index (χ2n) is 4.00. The van der Waals surface area contributed by atoms with Crippen molar-refractivity contribution in [3.63, 3.8) is 0 Å². The van der Waals surface area contributed by atoms with Gasteiger partial charge in [0.1, 0.15) is 31.5 Å². The summed E-state index contributed by atoms with van der Waals surface area (Å²) in [6.07, 6.45) is 0. The van der Waals surface area contributed by atoms with Crippen LogP contribution in [0.15, 0.2) is 33.2 Å². The van der Waals surface area contributed by atoms with Crippen molar-refractivity contribution in [2.24, 2.45) is 0 Å². The largest absolute Gasteiger partial charge is 0.495 e. The van der Waals surface area contributed by atoms with Crippen molar-refractivity contribution in [1.82, 2.24) is 0 Å². The van der Waals surface area contributed by atoms with E-state index in [0.29, 0.717) is 21.7 Å². The van der Waals surface area contributed by atoms with Gasteiger partial charge in [0.15, 0.2) is 0 Å². The first-order chi connectivity index (χ1) is 9.99. The van der Waals surface area contributed by atoms with Gasteiger partial charge in [-0.15, -0.1) is 0 Å². The Labute approximate surface area is 137 Å². The third-order valence-electron chi connectivity index (χ3n) is 2.83. The molecule has 0 saturated carbocycles. The highest BCUT2D eigenvalue weighted by Crippen LogP contribution is 2.44. The first-order valence-electron chi connectivity index (χ1n) is 5.78. The molecular weight excluding hydrogens is 410 g/mol. The van der Waals surface area contributed by atoms with E-state index in [1.807, 2.05) is 0 Å². The van der Waals surface area contributed by atoms with Crippen molar-refractivity contribution in [1.29, 1.82) is 0 Å². The summed E-state index contributed by atoms with van der Waals surface area (Å²) in [7, 11) is 3.09. The number of hydrogen-bond acceptors (Lipinski definition) is 5. The van der Waals surface area contributed by atoms with Crippen LogP contribution in [-0.2, 0) is 0 Å². The maximum absolute atomic E-state index is 10.7. The summed E-state index contributed by atoms with van der Waals surface area (Å²) in [6.45, 7) is 0. The van der Waals surface area contributed by atoms with Gasteiger partial charge in [0.05, 0.1) is 20.3 Å². The van der Waals surface area contributed by atoms with Crippen molar-refractivity contribution in [3.05, 3.63) is 50.2 Å². The molecule has 1 aromatic heterocycles. The van der Waals surface area contributed by atoms with Gasteiger partial charge < -0.3 is 13.9 Å². The smallest absolute Gasteiger partial charge is 0.433 e. The molecule has 1 atom stereocenters. The lowest BCUT2D eigenvalue weighted by Gasteiger charge is -2.15. The van der Waals surface area contributed by atoms with Gasteiger partial charge in [-0.2, -0.15) is 0 Å². The van der Waals surface area contributed by atoms with E-state index in [2.05, 4.69) is 31.9 Å². The SMILES string of the molecule is COc1ccc(C(Br)c2ccc([N+](=O)[O-])o2)c(OC)c1Br. The maximum Gasteiger partial charge on any atom is 0.433 e. The molecule has 1 unspecified atom stereocenters. The van der Waals surface area contributed by atoms with Crippen molar-refractivity contribution in [2.75, 3.05) is 14.2 Å². The van der Waals surface area contributed by atoms with Crippen LogP contribution in [0.4, 0.5) is 5.88 Å². The zero-order chi connectivity index (χ0) is 15.6. The average molecular weight is 421 g/mol. The van der Waals surface area contributed by atoms with Gasteiger partial charge in [-0.3, -0.25) is 10.1 Å². The number of furan rings is 1. The standard InChI is InChI=1S/C13H11Br2NO5/c1-19-8-4-3-7(13(20-2)12(8)15)11(14)9-5-6-10(21-9)16(17)18/h3-6,11H,1-2H3. The Morgan fingerprint density at radius 3 is 2.48 bits per heavy atom. The third kappa shape index (κ3) is 3.06. The highest BCUT2D eigenvalue weighted by molar-refractivity contribution is 9.10. The molecule has 0 N–H and O–H groups in total. The third-order valence-corrected chi connectivity index (χ3v) is 4.53. The Balaban J connectivity index is 2.44. The molecule has 1 heterocycles. The van der Waals surface area contributed by atoms with E-state index in [1.54, 1.807) is 25.3 Å². The van der Waals surface area contributed by atoms with Crippen LogP contribution >= 0.6 is 31.9 Å². The van der Waals surface area contributed by atoms with E-state index in [1.165, 1.54) is 13.2 Å². The summed E-state index contributed by atoms with van der Waals surface area (Å²) in [5.74, 6) is 1.30. The van der Waals surface area contributed by atoms with E-state index in [0.717, 1.165) is 5.56 Å². The molecule has 8 heteroatoms. The molecule has 21 heavy (non-hydrogen) atoms. The average Bonchev–Trinajstić information content (AvgIpc) is 2.96.